The molecule has 0 saturated heterocycles. The lowest BCUT2D eigenvalue weighted by atomic mass is 10.0. The van der Waals surface area contributed by atoms with E-state index in [4.69, 9.17) is 21.6 Å². The van der Waals surface area contributed by atoms with Gasteiger partial charge in [-0.2, -0.15) is 5.26 Å². The molecule has 0 spiro atoms. The second-order valence-corrected chi connectivity index (χ2v) is 6.29. The second kappa shape index (κ2) is 8.85. The number of nitrogens with zero attached hydrogens (tertiary/aromatic N) is 1. The molecule has 3 rings (SSSR count). The van der Waals surface area contributed by atoms with Crippen LogP contribution in [0, 0.1) is 11.3 Å². The molecule has 0 aliphatic heterocycles. The molecule has 0 bridgehead atoms. The fraction of sp³-hybridized carbons (Fsp3) is 0.0455. The van der Waals surface area contributed by atoms with Gasteiger partial charge in [-0.3, -0.25) is 9.59 Å². The van der Waals surface area contributed by atoms with Crippen molar-refractivity contribution >= 4 is 29.0 Å². The van der Waals surface area contributed by atoms with Crippen molar-refractivity contribution in [1.29, 1.82) is 5.26 Å². The number of nitrogens with one attached hydrogen (secondary N) is 1. The maximum Gasteiger partial charge on any atom is 0.262 e. The molecule has 3 aromatic rings. The minimum atomic E-state index is -0.428. The van der Waals surface area contributed by atoms with Crippen LogP contribution in [0.4, 0.5) is 5.69 Å². The van der Waals surface area contributed by atoms with E-state index in [1.165, 1.54) is 12.1 Å². The number of carbonyl (C=O) groups excluding carboxylic acids is 2. The highest BCUT2D eigenvalue weighted by Crippen LogP contribution is 2.20. The van der Waals surface area contributed by atoms with E-state index in [9.17, 15) is 9.59 Å². The number of halogens is 1. The average molecular weight is 391 g/mol. The molecule has 0 heterocycles. The van der Waals surface area contributed by atoms with Crippen molar-refractivity contribution in [2.24, 2.45) is 0 Å². The van der Waals surface area contributed by atoms with Crippen LogP contribution in [0.2, 0.25) is 5.02 Å². The van der Waals surface area contributed by atoms with Gasteiger partial charge in [0.05, 0.1) is 11.3 Å². The van der Waals surface area contributed by atoms with Gasteiger partial charge in [0, 0.05) is 16.1 Å². The van der Waals surface area contributed by atoms with Gasteiger partial charge < -0.3 is 10.1 Å². The third-order valence-electron chi connectivity index (χ3n) is 3.90. The number of hydrogen-bond donors (Lipinski definition) is 1. The first kappa shape index (κ1) is 19.2. The monoisotopic (exact) mass is 390 g/mol. The molecule has 138 valence electrons. The SMILES string of the molecule is N#Cc1ccc(Cl)cc1NC(=O)COc1ccc(C(=O)c2ccccc2)cc1. The average Bonchev–Trinajstić information content (AvgIpc) is 2.73. The highest BCUT2D eigenvalue weighted by molar-refractivity contribution is 6.31. The Bertz CT molecular complexity index is 1040. The Labute approximate surface area is 167 Å². The van der Waals surface area contributed by atoms with E-state index in [2.05, 4.69) is 5.32 Å². The maximum atomic E-state index is 12.4. The normalized spacial score (nSPS) is 10.0. The van der Waals surface area contributed by atoms with Gasteiger partial charge in [-0.1, -0.05) is 41.9 Å². The molecule has 5 nitrogen and oxygen atoms in total. The fourth-order valence-electron chi connectivity index (χ4n) is 2.51. The van der Waals surface area contributed by atoms with Crippen molar-refractivity contribution in [1.82, 2.24) is 0 Å². The Morgan fingerprint density at radius 3 is 2.32 bits per heavy atom. The summed E-state index contributed by atoms with van der Waals surface area (Å²) in [5, 5.41) is 12.1. The van der Waals surface area contributed by atoms with Gasteiger partial charge in [0.2, 0.25) is 0 Å². The number of amides is 1. The molecule has 0 fully saturated rings. The number of carbonyl (C=O) groups is 2. The minimum absolute atomic E-state index is 0.0881. The van der Waals surface area contributed by atoms with Gasteiger partial charge in [0.1, 0.15) is 11.8 Å². The molecule has 3 aromatic carbocycles. The summed E-state index contributed by atoms with van der Waals surface area (Å²) >= 11 is 5.90. The van der Waals surface area contributed by atoms with E-state index in [1.54, 1.807) is 54.6 Å². The molecule has 0 atom stereocenters. The number of hydrogen-bond acceptors (Lipinski definition) is 4. The van der Waals surface area contributed by atoms with E-state index < -0.39 is 5.91 Å². The first-order chi connectivity index (χ1) is 13.6. The Morgan fingerprint density at radius 2 is 1.64 bits per heavy atom. The lowest BCUT2D eigenvalue weighted by Crippen LogP contribution is -2.20. The Hall–Kier alpha value is -3.62. The quantitative estimate of drug-likeness (QED) is 0.630. The summed E-state index contributed by atoms with van der Waals surface area (Å²) < 4.78 is 5.44. The largest absolute Gasteiger partial charge is 0.484 e. The molecule has 0 radical (unpaired) electrons. The number of ketones is 1. The molecule has 0 aliphatic rings. The predicted octanol–water partition coefficient (Wildman–Crippen LogP) is 4.46. The van der Waals surface area contributed by atoms with Crippen molar-refractivity contribution in [2.75, 3.05) is 11.9 Å². The van der Waals surface area contributed by atoms with Crippen molar-refractivity contribution in [3.05, 3.63) is 94.5 Å². The summed E-state index contributed by atoms with van der Waals surface area (Å²) in [5.41, 5.74) is 1.76. The van der Waals surface area contributed by atoms with Crippen LogP contribution >= 0.6 is 11.6 Å². The van der Waals surface area contributed by atoms with Crippen LogP contribution in [0.15, 0.2) is 72.8 Å². The molecule has 28 heavy (non-hydrogen) atoms. The van der Waals surface area contributed by atoms with Gasteiger partial charge in [-0.15, -0.1) is 0 Å². The highest BCUT2D eigenvalue weighted by atomic mass is 35.5. The molecular formula is C22H15ClN2O3. The number of benzene rings is 3. The zero-order valence-electron chi connectivity index (χ0n) is 14.7. The van der Waals surface area contributed by atoms with Gasteiger partial charge in [-0.05, 0) is 42.5 Å². The number of rotatable bonds is 6. The van der Waals surface area contributed by atoms with E-state index in [0.717, 1.165) is 0 Å². The Kier molecular flexibility index (Phi) is 6.05. The molecule has 6 heteroatoms. The molecule has 0 aromatic heterocycles. The molecule has 0 unspecified atom stereocenters. The topological polar surface area (TPSA) is 79.2 Å². The maximum absolute atomic E-state index is 12.4. The van der Waals surface area contributed by atoms with Crippen LogP contribution in [0.3, 0.4) is 0 Å². The van der Waals surface area contributed by atoms with E-state index in [1.807, 2.05) is 12.1 Å². The third kappa shape index (κ3) is 4.76. The zero-order chi connectivity index (χ0) is 19.9. The third-order valence-corrected chi connectivity index (χ3v) is 4.13. The first-order valence-corrected chi connectivity index (χ1v) is 8.77. The van der Waals surface area contributed by atoms with E-state index in [0.29, 0.717) is 33.1 Å². The standard InChI is InChI=1S/C22H15ClN2O3/c23-18-9-6-17(13-24)20(12-18)25-21(26)14-28-19-10-7-16(8-11-19)22(27)15-4-2-1-3-5-15/h1-12H,14H2,(H,25,26). The summed E-state index contributed by atoms with van der Waals surface area (Å²) in [6.45, 7) is -0.247. The van der Waals surface area contributed by atoms with Crippen LogP contribution in [0.25, 0.3) is 0 Å². The number of ether oxygens (including phenoxy) is 1. The number of nitriles is 1. The van der Waals surface area contributed by atoms with Gasteiger partial charge >= 0.3 is 0 Å². The van der Waals surface area contributed by atoms with Gasteiger partial charge in [0.25, 0.3) is 5.91 Å². The van der Waals surface area contributed by atoms with Gasteiger partial charge in [-0.25, -0.2) is 0 Å². The van der Waals surface area contributed by atoms with Crippen molar-refractivity contribution in [3.8, 4) is 11.8 Å². The molecular weight excluding hydrogens is 376 g/mol. The molecule has 0 saturated carbocycles. The summed E-state index contributed by atoms with van der Waals surface area (Å²) in [7, 11) is 0. The van der Waals surface area contributed by atoms with Crippen molar-refractivity contribution in [2.45, 2.75) is 0 Å². The molecule has 1 N–H and O–H groups in total. The summed E-state index contributed by atoms with van der Waals surface area (Å²) in [6.07, 6.45) is 0. The Balaban J connectivity index is 1.59. The van der Waals surface area contributed by atoms with Crippen molar-refractivity contribution < 1.29 is 14.3 Å². The zero-order valence-corrected chi connectivity index (χ0v) is 15.4. The van der Waals surface area contributed by atoms with E-state index in [-0.39, 0.29) is 12.4 Å². The minimum Gasteiger partial charge on any atom is -0.484 e. The van der Waals surface area contributed by atoms with Crippen LogP contribution in [0.1, 0.15) is 21.5 Å². The smallest absolute Gasteiger partial charge is 0.262 e. The number of anilines is 1. The van der Waals surface area contributed by atoms with Gasteiger partial charge in [0.15, 0.2) is 12.4 Å². The Morgan fingerprint density at radius 1 is 0.964 bits per heavy atom. The van der Waals surface area contributed by atoms with E-state index >= 15 is 0 Å². The van der Waals surface area contributed by atoms with Crippen LogP contribution in [-0.2, 0) is 4.79 Å². The second-order valence-electron chi connectivity index (χ2n) is 5.86. The molecule has 0 aliphatic carbocycles. The summed E-state index contributed by atoms with van der Waals surface area (Å²) in [5.74, 6) is -0.0653. The summed E-state index contributed by atoms with van der Waals surface area (Å²) in [6, 6.07) is 22.1. The van der Waals surface area contributed by atoms with Crippen LogP contribution < -0.4 is 10.1 Å². The fourth-order valence-corrected chi connectivity index (χ4v) is 2.68. The van der Waals surface area contributed by atoms with Crippen molar-refractivity contribution in [3.63, 3.8) is 0 Å². The molecule has 1 amide bonds. The predicted molar refractivity (Wildman–Crippen MR) is 107 cm³/mol. The lowest BCUT2D eigenvalue weighted by molar-refractivity contribution is -0.118. The summed E-state index contributed by atoms with van der Waals surface area (Å²) in [4.78, 5) is 24.5. The van der Waals surface area contributed by atoms with Crippen LogP contribution in [-0.4, -0.2) is 18.3 Å². The lowest BCUT2D eigenvalue weighted by Gasteiger charge is -2.09. The first-order valence-electron chi connectivity index (χ1n) is 8.39. The highest BCUT2D eigenvalue weighted by Gasteiger charge is 2.10. The van der Waals surface area contributed by atoms with Crippen LogP contribution in [0.5, 0.6) is 5.75 Å².